The van der Waals surface area contributed by atoms with Crippen LogP contribution in [-0.2, 0) is 14.1 Å². The second-order valence-corrected chi connectivity index (χ2v) is 5.16. The van der Waals surface area contributed by atoms with Gasteiger partial charge in [-0.15, -0.1) is 0 Å². The smallest absolute Gasteiger partial charge is 0.458 e. The minimum absolute atomic E-state index is 0.379. The Balaban J connectivity index is 2.60. The van der Waals surface area contributed by atoms with Crippen LogP contribution in [0.5, 0.6) is 0 Å². The molecule has 1 rings (SSSR count). The molecule has 0 saturated carbocycles. The Labute approximate surface area is 91.1 Å². The zero-order chi connectivity index (χ0) is 11.9. The van der Waals surface area contributed by atoms with Crippen LogP contribution in [0.1, 0.15) is 34.6 Å². The third kappa shape index (κ3) is 2.52. The van der Waals surface area contributed by atoms with Crippen molar-refractivity contribution < 1.29 is 19.2 Å². The van der Waals surface area contributed by atoms with E-state index in [2.05, 4.69) is 0 Å². The van der Waals surface area contributed by atoms with E-state index in [0.717, 1.165) is 0 Å². The minimum Gasteiger partial charge on any atom is -0.481 e. The molecule has 1 aliphatic rings. The molecule has 0 amide bonds. The van der Waals surface area contributed by atoms with E-state index in [-0.39, 0.29) is 11.2 Å². The molecule has 0 aromatic heterocycles. The first-order valence-electron chi connectivity index (χ1n) is 5.24. The highest BCUT2D eigenvalue weighted by Crippen LogP contribution is 2.38. The minimum atomic E-state index is -0.815. The van der Waals surface area contributed by atoms with Crippen molar-refractivity contribution >= 4 is 13.1 Å². The van der Waals surface area contributed by atoms with Gasteiger partial charge in [0.2, 0.25) is 0 Å². The van der Waals surface area contributed by atoms with E-state index < -0.39 is 19.0 Å². The van der Waals surface area contributed by atoms with E-state index in [9.17, 15) is 4.79 Å². The van der Waals surface area contributed by atoms with Crippen molar-refractivity contribution in [3.63, 3.8) is 0 Å². The molecule has 0 bridgehead atoms. The fourth-order valence-corrected chi connectivity index (χ4v) is 1.45. The van der Waals surface area contributed by atoms with Gasteiger partial charge in [-0.1, -0.05) is 6.92 Å². The highest BCUT2D eigenvalue weighted by atomic mass is 16.7. The Hall–Kier alpha value is -0.545. The van der Waals surface area contributed by atoms with Crippen LogP contribution in [0, 0.1) is 5.92 Å². The summed E-state index contributed by atoms with van der Waals surface area (Å²) in [7, 11) is -0.416. The quantitative estimate of drug-likeness (QED) is 0.727. The van der Waals surface area contributed by atoms with Crippen molar-refractivity contribution in [2.24, 2.45) is 5.92 Å². The lowest BCUT2D eigenvalue weighted by molar-refractivity contribution is -0.140. The van der Waals surface area contributed by atoms with Gasteiger partial charge in [-0.2, -0.15) is 0 Å². The maximum Gasteiger partial charge on any atom is 0.458 e. The monoisotopic (exact) mass is 214 g/mol. The molecule has 1 atom stereocenters. The van der Waals surface area contributed by atoms with Crippen LogP contribution in [0.25, 0.3) is 0 Å². The van der Waals surface area contributed by atoms with Crippen molar-refractivity contribution in [2.45, 2.75) is 52.1 Å². The zero-order valence-corrected chi connectivity index (χ0v) is 10.0. The van der Waals surface area contributed by atoms with Gasteiger partial charge >= 0.3 is 13.1 Å². The van der Waals surface area contributed by atoms with Crippen molar-refractivity contribution in [3.8, 4) is 0 Å². The Morgan fingerprint density at radius 2 is 1.67 bits per heavy atom. The van der Waals surface area contributed by atoms with Crippen LogP contribution in [0.2, 0.25) is 6.32 Å². The third-order valence-corrected chi connectivity index (χ3v) is 3.27. The molecular weight excluding hydrogens is 195 g/mol. The Bertz CT molecular complexity index is 246. The average Bonchev–Trinajstić information content (AvgIpc) is 2.19. The van der Waals surface area contributed by atoms with Gasteiger partial charge in [-0.3, -0.25) is 4.79 Å². The van der Waals surface area contributed by atoms with Crippen LogP contribution in [-0.4, -0.2) is 29.4 Å². The number of aliphatic carboxylic acids is 1. The van der Waals surface area contributed by atoms with Gasteiger partial charge in [-0.05, 0) is 34.0 Å². The summed E-state index contributed by atoms with van der Waals surface area (Å²) in [6, 6.07) is 0. The Kier molecular flexibility index (Phi) is 3.17. The molecule has 0 radical (unpaired) electrons. The first-order chi connectivity index (χ1) is 6.66. The van der Waals surface area contributed by atoms with Crippen LogP contribution >= 0.6 is 0 Å². The van der Waals surface area contributed by atoms with Crippen molar-refractivity contribution in [1.82, 2.24) is 0 Å². The summed E-state index contributed by atoms with van der Waals surface area (Å²) in [6.45, 7) is 9.49. The molecule has 0 aromatic carbocycles. The molecule has 1 heterocycles. The maximum atomic E-state index is 10.7. The second kappa shape index (κ2) is 3.79. The molecule has 0 spiro atoms. The van der Waals surface area contributed by atoms with Gasteiger partial charge < -0.3 is 14.4 Å². The van der Waals surface area contributed by atoms with Crippen LogP contribution in [0.15, 0.2) is 0 Å². The first-order valence-corrected chi connectivity index (χ1v) is 5.24. The first kappa shape index (κ1) is 12.5. The van der Waals surface area contributed by atoms with E-state index in [0.29, 0.717) is 6.32 Å². The number of hydrogen-bond acceptors (Lipinski definition) is 3. The lowest BCUT2D eigenvalue weighted by Gasteiger charge is -2.32. The highest BCUT2D eigenvalue weighted by Gasteiger charge is 2.51. The van der Waals surface area contributed by atoms with Crippen LogP contribution in [0.4, 0.5) is 0 Å². The van der Waals surface area contributed by atoms with Crippen molar-refractivity contribution in [1.29, 1.82) is 0 Å². The fourth-order valence-electron chi connectivity index (χ4n) is 1.45. The number of carboxylic acid groups (broad SMARTS) is 1. The summed E-state index contributed by atoms with van der Waals surface area (Å²) in [5.74, 6) is -1.26. The highest BCUT2D eigenvalue weighted by molar-refractivity contribution is 6.46. The van der Waals surface area contributed by atoms with E-state index in [1.165, 1.54) is 0 Å². The molecule has 86 valence electrons. The summed E-state index contributed by atoms with van der Waals surface area (Å²) in [6.07, 6.45) is 0.391. The lowest BCUT2D eigenvalue weighted by Crippen LogP contribution is -2.41. The molecule has 1 unspecified atom stereocenters. The van der Waals surface area contributed by atoms with Gasteiger partial charge in [0.15, 0.2) is 0 Å². The largest absolute Gasteiger partial charge is 0.481 e. The van der Waals surface area contributed by atoms with Crippen LogP contribution < -0.4 is 0 Å². The Morgan fingerprint density at radius 3 is 2.00 bits per heavy atom. The molecule has 1 saturated heterocycles. The van der Waals surface area contributed by atoms with Gasteiger partial charge in [-0.25, -0.2) is 0 Å². The molecule has 0 aromatic rings. The average molecular weight is 214 g/mol. The molecule has 0 aliphatic carbocycles. The molecule has 1 N–H and O–H groups in total. The predicted octanol–water partition coefficient (Wildman–Crippen LogP) is 1.80. The number of rotatable bonds is 3. The van der Waals surface area contributed by atoms with E-state index in [1.54, 1.807) is 6.92 Å². The lowest BCUT2D eigenvalue weighted by atomic mass is 9.78. The Morgan fingerprint density at radius 1 is 1.27 bits per heavy atom. The molecular formula is C10H19BO4. The van der Waals surface area contributed by atoms with E-state index in [4.69, 9.17) is 14.4 Å². The molecule has 4 nitrogen and oxygen atoms in total. The predicted molar refractivity (Wildman–Crippen MR) is 57.7 cm³/mol. The standard InChI is InChI=1S/C10H19BO4/c1-7(8(12)13)6-11-14-9(2,3)10(4,5)15-11/h7H,6H2,1-5H3,(H,12,13). The van der Waals surface area contributed by atoms with Gasteiger partial charge in [0, 0.05) is 0 Å². The normalized spacial score (nSPS) is 25.3. The summed E-state index contributed by atoms with van der Waals surface area (Å²) >= 11 is 0. The zero-order valence-electron chi connectivity index (χ0n) is 10.0. The number of carbonyl (C=O) groups is 1. The van der Waals surface area contributed by atoms with Gasteiger partial charge in [0.05, 0.1) is 17.1 Å². The van der Waals surface area contributed by atoms with Gasteiger partial charge in [0.1, 0.15) is 0 Å². The summed E-state index contributed by atoms with van der Waals surface area (Å²) in [5, 5.41) is 8.79. The van der Waals surface area contributed by atoms with Crippen molar-refractivity contribution in [2.75, 3.05) is 0 Å². The molecule has 15 heavy (non-hydrogen) atoms. The topological polar surface area (TPSA) is 55.8 Å². The number of carboxylic acids is 1. The molecule has 1 aliphatic heterocycles. The summed E-state index contributed by atoms with van der Waals surface area (Å²) in [5.41, 5.74) is -0.758. The van der Waals surface area contributed by atoms with Crippen LogP contribution in [0.3, 0.4) is 0 Å². The summed E-state index contributed by atoms with van der Waals surface area (Å²) < 4.78 is 11.4. The van der Waals surface area contributed by atoms with Crippen molar-refractivity contribution in [3.05, 3.63) is 0 Å². The SMILES string of the molecule is CC(CB1OC(C)(C)C(C)(C)O1)C(=O)O. The van der Waals surface area contributed by atoms with Gasteiger partial charge in [0.25, 0.3) is 0 Å². The number of hydrogen-bond donors (Lipinski definition) is 1. The summed E-state index contributed by atoms with van der Waals surface area (Å²) in [4.78, 5) is 10.7. The maximum absolute atomic E-state index is 10.7. The third-order valence-electron chi connectivity index (χ3n) is 3.27. The van der Waals surface area contributed by atoms with E-state index >= 15 is 0 Å². The molecule has 1 fully saturated rings. The molecule has 5 heteroatoms. The fraction of sp³-hybridized carbons (Fsp3) is 0.900. The second-order valence-electron chi connectivity index (χ2n) is 5.16. The van der Waals surface area contributed by atoms with E-state index in [1.807, 2.05) is 27.7 Å².